The van der Waals surface area contributed by atoms with E-state index < -0.39 is 0 Å². The highest BCUT2D eigenvalue weighted by atomic mass is 19.1. The van der Waals surface area contributed by atoms with Crippen molar-refractivity contribution in [2.24, 2.45) is 5.92 Å². The maximum atomic E-state index is 11.8. The Kier molecular flexibility index (Phi) is 5.60. The Morgan fingerprint density at radius 1 is 1.40 bits per heavy atom. The van der Waals surface area contributed by atoms with Crippen molar-refractivity contribution in [3.8, 4) is 0 Å². The van der Waals surface area contributed by atoms with Crippen LogP contribution in [-0.4, -0.2) is 31.2 Å². The van der Waals surface area contributed by atoms with Gasteiger partial charge < -0.3 is 4.90 Å². The summed E-state index contributed by atoms with van der Waals surface area (Å²) in [7, 11) is 0. The molecule has 0 atom stereocenters. The summed E-state index contributed by atoms with van der Waals surface area (Å²) in [4.78, 5) is 2.13. The highest BCUT2D eigenvalue weighted by Gasteiger charge is 2.02. The first-order valence-electron chi connectivity index (χ1n) is 3.99. The van der Waals surface area contributed by atoms with Gasteiger partial charge in [-0.3, -0.25) is 0 Å². The van der Waals surface area contributed by atoms with Crippen molar-refractivity contribution in [1.82, 2.24) is 4.90 Å². The van der Waals surface area contributed by atoms with Gasteiger partial charge >= 0.3 is 0 Å². The minimum atomic E-state index is -0.222. The fraction of sp³-hybridized carbons (Fsp3) is 1.00. The summed E-state index contributed by atoms with van der Waals surface area (Å²) in [6.45, 7) is 8.72. The van der Waals surface area contributed by atoms with Crippen LogP contribution in [0, 0.1) is 5.92 Å². The third kappa shape index (κ3) is 4.74. The fourth-order valence-electron chi connectivity index (χ4n) is 1.01. The first-order chi connectivity index (χ1) is 4.70. The van der Waals surface area contributed by atoms with E-state index in [4.69, 9.17) is 0 Å². The van der Waals surface area contributed by atoms with Crippen LogP contribution in [0.2, 0.25) is 0 Å². The smallest absolute Gasteiger partial charge is 0.102 e. The summed E-state index contributed by atoms with van der Waals surface area (Å²) in [5.41, 5.74) is 0. The van der Waals surface area contributed by atoms with Crippen molar-refractivity contribution < 1.29 is 4.39 Å². The minimum Gasteiger partial charge on any atom is -0.301 e. The number of hydrogen-bond acceptors (Lipinski definition) is 1. The summed E-state index contributed by atoms with van der Waals surface area (Å²) in [6.07, 6.45) is 0. The van der Waals surface area contributed by atoms with Gasteiger partial charge in [-0.15, -0.1) is 0 Å². The average molecular weight is 147 g/mol. The molecule has 0 heterocycles. The van der Waals surface area contributed by atoms with Crippen molar-refractivity contribution in [2.45, 2.75) is 20.8 Å². The van der Waals surface area contributed by atoms with E-state index in [1.54, 1.807) is 0 Å². The minimum absolute atomic E-state index is 0.222. The zero-order valence-electron chi connectivity index (χ0n) is 7.23. The van der Waals surface area contributed by atoms with Gasteiger partial charge in [0.25, 0.3) is 0 Å². The van der Waals surface area contributed by atoms with Gasteiger partial charge in [0.15, 0.2) is 0 Å². The summed E-state index contributed by atoms with van der Waals surface area (Å²) < 4.78 is 11.8. The van der Waals surface area contributed by atoms with Gasteiger partial charge in [0.05, 0.1) is 0 Å². The van der Waals surface area contributed by atoms with Gasteiger partial charge in [-0.1, -0.05) is 20.8 Å². The Bertz CT molecular complexity index is 73.7. The van der Waals surface area contributed by atoms with Gasteiger partial charge in [-0.25, -0.2) is 4.39 Å². The van der Waals surface area contributed by atoms with E-state index in [2.05, 4.69) is 25.7 Å². The topological polar surface area (TPSA) is 3.24 Å². The predicted octanol–water partition coefficient (Wildman–Crippen LogP) is 1.93. The van der Waals surface area contributed by atoms with E-state index in [0.29, 0.717) is 12.5 Å². The Morgan fingerprint density at radius 3 is 2.30 bits per heavy atom. The molecule has 62 valence electrons. The molecule has 0 aromatic rings. The van der Waals surface area contributed by atoms with Crippen molar-refractivity contribution in [1.29, 1.82) is 0 Å². The zero-order chi connectivity index (χ0) is 7.98. The molecule has 0 unspecified atom stereocenters. The van der Waals surface area contributed by atoms with Crippen molar-refractivity contribution in [3.63, 3.8) is 0 Å². The lowest BCUT2D eigenvalue weighted by molar-refractivity contribution is 0.234. The molecule has 0 aromatic heterocycles. The van der Waals surface area contributed by atoms with Gasteiger partial charge in [0, 0.05) is 13.1 Å². The van der Waals surface area contributed by atoms with Crippen molar-refractivity contribution >= 4 is 0 Å². The Balaban J connectivity index is 3.39. The van der Waals surface area contributed by atoms with Crippen LogP contribution in [0.5, 0.6) is 0 Å². The van der Waals surface area contributed by atoms with Gasteiger partial charge in [0.2, 0.25) is 0 Å². The van der Waals surface area contributed by atoms with Gasteiger partial charge in [-0.05, 0) is 12.5 Å². The highest BCUT2D eigenvalue weighted by molar-refractivity contribution is 4.56. The van der Waals surface area contributed by atoms with Gasteiger partial charge in [0.1, 0.15) is 6.67 Å². The van der Waals surface area contributed by atoms with Crippen LogP contribution in [0.4, 0.5) is 4.39 Å². The molecule has 0 rings (SSSR count). The molecule has 10 heavy (non-hydrogen) atoms. The predicted molar refractivity (Wildman–Crippen MR) is 42.9 cm³/mol. The SMILES string of the molecule is CCN(CCF)CC(C)C. The van der Waals surface area contributed by atoms with Gasteiger partial charge in [-0.2, -0.15) is 0 Å². The Hall–Kier alpha value is -0.110. The van der Waals surface area contributed by atoms with Crippen LogP contribution < -0.4 is 0 Å². The highest BCUT2D eigenvalue weighted by Crippen LogP contribution is 1.97. The summed E-state index contributed by atoms with van der Waals surface area (Å²) >= 11 is 0. The van der Waals surface area contributed by atoms with Crippen LogP contribution in [-0.2, 0) is 0 Å². The summed E-state index contributed by atoms with van der Waals surface area (Å²) in [5, 5.41) is 0. The molecule has 2 heteroatoms. The second-order valence-electron chi connectivity index (χ2n) is 2.98. The summed E-state index contributed by atoms with van der Waals surface area (Å²) in [6, 6.07) is 0. The van der Waals surface area contributed by atoms with Crippen LogP contribution >= 0.6 is 0 Å². The number of rotatable bonds is 5. The van der Waals surface area contributed by atoms with Crippen LogP contribution in [0.3, 0.4) is 0 Å². The van der Waals surface area contributed by atoms with Crippen molar-refractivity contribution in [3.05, 3.63) is 0 Å². The molecule has 0 amide bonds. The number of hydrogen-bond donors (Lipinski definition) is 0. The van der Waals surface area contributed by atoms with E-state index >= 15 is 0 Å². The Morgan fingerprint density at radius 2 is 2.00 bits per heavy atom. The molecule has 0 aromatic carbocycles. The third-order valence-electron chi connectivity index (χ3n) is 1.47. The van der Waals surface area contributed by atoms with Crippen LogP contribution in [0.25, 0.3) is 0 Å². The van der Waals surface area contributed by atoms with Crippen LogP contribution in [0.15, 0.2) is 0 Å². The molecule has 0 spiro atoms. The van der Waals surface area contributed by atoms with E-state index in [0.717, 1.165) is 13.1 Å². The fourth-order valence-corrected chi connectivity index (χ4v) is 1.01. The maximum absolute atomic E-state index is 11.8. The molecular weight excluding hydrogens is 129 g/mol. The summed E-state index contributed by atoms with van der Waals surface area (Å²) in [5.74, 6) is 0.645. The monoisotopic (exact) mass is 147 g/mol. The van der Waals surface area contributed by atoms with Crippen LogP contribution in [0.1, 0.15) is 20.8 Å². The number of nitrogens with zero attached hydrogens (tertiary/aromatic N) is 1. The first-order valence-corrected chi connectivity index (χ1v) is 3.99. The van der Waals surface area contributed by atoms with E-state index in [-0.39, 0.29) is 6.67 Å². The lowest BCUT2D eigenvalue weighted by Gasteiger charge is -2.20. The van der Waals surface area contributed by atoms with Crippen molar-refractivity contribution in [2.75, 3.05) is 26.3 Å². The molecule has 0 N–H and O–H groups in total. The first kappa shape index (κ1) is 9.89. The molecule has 1 nitrogen and oxygen atoms in total. The third-order valence-corrected chi connectivity index (χ3v) is 1.47. The van der Waals surface area contributed by atoms with E-state index in [1.807, 2.05) is 0 Å². The maximum Gasteiger partial charge on any atom is 0.102 e. The molecule has 0 bridgehead atoms. The number of alkyl halides is 1. The molecule has 0 radical (unpaired) electrons. The molecule has 0 fully saturated rings. The molecule has 0 saturated carbocycles. The molecule has 0 saturated heterocycles. The molecule has 0 aliphatic heterocycles. The number of halogens is 1. The van der Waals surface area contributed by atoms with E-state index in [9.17, 15) is 4.39 Å². The standard InChI is InChI=1S/C8H18FN/c1-4-10(6-5-9)7-8(2)3/h8H,4-7H2,1-3H3. The second kappa shape index (κ2) is 5.66. The molecule has 0 aliphatic rings. The average Bonchev–Trinajstić information content (AvgIpc) is 1.86. The second-order valence-corrected chi connectivity index (χ2v) is 2.98. The lowest BCUT2D eigenvalue weighted by Crippen LogP contribution is -2.29. The quantitative estimate of drug-likeness (QED) is 0.574. The largest absolute Gasteiger partial charge is 0.301 e. The normalized spacial score (nSPS) is 11.4. The molecular formula is C8H18FN. The van der Waals surface area contributed by atoms with E-state index in [1.165, 1.54) is 0 Å². The zero-order valence-corrected chi connectivity index (χ0v) is 7.23. The molecule has 0 aliphatic carbocycles. The lowest BCUT2D eigenvalue weighted by atomic mass is 10.2. The Labute approximate surface area is 63.2 Å².